The third kappa shape index (κ3) is 4.10. The largest absolute Gasteiger partial charge is 0.488 e. The topological polar surface area (TPSA) is 96.4 Å². The Morgan fingerprint density at radius 2 is 2.03 bits per heavy atom. The van der Waals surface area contributed by atoms with Gasteiger partial charge in [-0.2, -0.15) is 0 Å². The fraction of sp³-hybridized carbons (Fsp3) is 0.320. The van der Waals surface area contributed by atoms with E-state index in [-0.39, 0.29) is 24.5 Å². The summed E-state index contributed by atoms with van der Waals surface area (Å²) in [5.41, 5.74) is 2.75. The maximum atomic E-state index is 12.2. The number of aliphatic hydroxyl groups is 1. The molecule has 2 aromatic heterocycles. The fourth-order valence-electron chi connectivity index (χ4n) is 3.87. The molecule has 0 radical (unpaired) electrons. The standard InChI is InChI=1S/C25H24N4O3/c1-26-24-21-13-27-23(29-25(31)16-5-6-16)11-20(21)18(12-28-24)4-2-15-3-9-22-17(10-15)7-8-19(14-30)32-22/h3,9-13,16,19,30H,5-8,14H2,1H3,(H,26,28)(H,27,29,31)/t19-/m0/s1. The maximum absolute atomic E-state index is 12.2. The van der Waals surface area contributed by atoms with Crippen LogP contribution >= 0.6 is 0 Å². The van der Waals surface area contributed by atoms with Crippen LogP contribution in [0.25, 0.3) is 10.8 Å². The van der Waals surface area contributed by atoms with Crippen molar-refractivity contribution < 1.29 is 14.6 Å². The summed E-state index contributed by atoms with van der Waals surface area (Å²) in [4.78, 5) is 21.0. The van der Waals surface area contributed by atoms with Crippen molar-refractivity contribution in [3.8, 4) is 17.6 Å². The van der Waals surface area contributed by atoms with Gasteiger partial charge in [0.1, 0.15) is 23.5 Å². The average molecular weight is 428 g/mol. The van der Waals surface area contributed by atoms with Gasteiger partial charge < -0.3 is 20.5 Å². The van der Waals surface area contributed by atoms with Crippen LogP contribution in [0.4, 0.5) is 11.6 Å². The Hall–Kier alpha value is -3.63. The first-order chi connectivity index (χ1) is 15.6. The number of ether oxygens (including phenoxy) is 1. The molecule has 7 heteroatoms. The minimum Gasteiger partial charge on any atom is -0.488 e. The van der Waals surface area contributed by atoms with Gasteiger partial charge in [-0.1, -0.05) is 11.8 Å². The molecule has 0 spiro atoms. The van der Waals surface area contributed by atoms with Crippen LogP contribution in [0.15, 0.2) is 36.7 Å². The van der Waals surface area contributed by atoms with E-state index in [0.717, 1.165) is 58.9 Å². The van der Waals surface area contributed by atoms with E-state index in [1.807, 2.05) is 31.3 Å². The summed E-state index contributed by atoms with van der Waals surface area (Å²) in [5.74, 6) is 8.64. The van der Waals surface area contributed by atoms with Gasteiger partial charge in [-0.3, -0.25) is 4.79 Å². The molecule has 0 bridgehead atoms. The van der Waals surface area contributed by atoms with Crippen molar-refractivity contribution in [2.75, 3.05) is 24.3 Å². The predicted octanol–water partition coefficient (Wildman–Crippen LogP) is 3.11. The lowest BCUT2D eigenvalue weighted by Crippen LogP contribution is -2.26. The highest BCUT2D eigenvalue weighted by atomic mass is 16.5. The molecule has 1 atom stereocenters. The molecule has 1 aliphatic carbocycles. The Balaban J connectivity index is 1.47. The molecule has 0 saturated heterocycles. The van der Waals surface area contributed by atoms with E-state index in [4.69, 9.17) is 4.74 Å². The van der Waals surface area contributed by atoms with Gasteiger partial charge in [-0.05, 0) is 55.5 Å². The molecular weight excluding hydrogens is 404 g/mol. The summed E-state index contributed by atoms with van der Waals surface area (Å²) in [6.45, 7) is 0.0294. The van der Waals surface area contributed by atoms with Crippen LogP contribution in [-0.4, -0.2) is 40.7 Å². The monoisotopic (exact) mass is 428 g/mol. The third-order valence-electron chi connectivity index (χ3n) is 5.84. The van der Waals surface area contributed by atoms with E-state index in [9.17, 15) is 9.90 Å². The number of fused-ring (bicyclic) bond motifs is 2. The van der Waals surface area contributed by atoms with Crippen LogP contribution in [-0.2, 0) is 11.2 Å². The summed E-state index contributed by atoms with van der Waals surface area (Å²) in [7, 11) is 1.81. The van der Waals surface area contributed by atoms with Crippen molar-refractivity contribution in [1.82, 2.24) is 9.97 Å². The number of hydrogen-bond acceptors (Lipinski definition) is 6. The highest BCUT2D eigenvalue weighted by Gasteiger charge is 2.29. The first-order valence-corrected chi connectivity index (χ1v) is 10.8. The third-order valence-corrected chi connectivity index (χ3v) is 5.84. The molecule has 1 amide bonds. The second-order valence-corrected chi connectivity index (χ2v) is 8.18. The Labute approximate surface area is 186 Å². The van der Waals surface area contributed by atoms with Gasteiger partial charge in [0.05, 0.1) is 12.2 Å². The molecule has 1 aliphatic heterocycles. The molecule has 0 unspecified atom stereocenters. The number of carbonyl (C=O) groups excluding carboxylic acids is 1. The molecule has 5 rings (SSSR count). The van der Waals surface area contributed by atoms with E-state index < -0.39 is 0 Å². The molecule has 2 aliphatic rings. The molecule has 1 saturated carbocycles. The second kappa shape index (κ2) is 8.48. The summed E-state index contributed by atoms with van der Waals surface area (Å²) >= 11 is 0. The number of nitrogens with zero attached hydrogens (tertiary/aromatic N) is 2. The van der Waals surface area contributed by atoms with Gasteiger partial charge in [-0.25, -0.2) is 9.97 Å². The highest BCUT2D eigenvalue weighted by molar-refractivity contribution is 5.99. The molecule has 162 valence electrons. The van der Waals surface area contributed by atoms with E-state index in [1.54, 1.807) is 12.4 Å². The van der Waals surface area contributed by atoms with Gasteiger partial charge in [0.2, 0.25) is 5.91 Å². The summed E-state index contributed by atoms with van der Waals surface area (Å²) in [5, 5.41) is 17.0. The van der Waals surface area contributed by atoms with Gasteiger partial charge in [0.25, 0.3) is 0 Å². The Morgan fingerprint density at radius 3 is 2.81 bits per heavy atom. The number of pyridine rings is 2. The normalized spacial score (nSPS) is 17.0. The molecular formula is C25H24N4O3. The van der Waals surface area contributed by atoms with Crippen LogP contribution in [0, 0.1) is 17.8 Å². The number of aromatic nitrogens is 2. The summed E-state index contributed by atoms with van der Waals surface area (Å²) in [6.07, 6.45) is 6.85. The first kappa shape index (κ1) is 20.3. The number of carbonyl (C=O) groups is 1. The van der Waals surface area contributed by atoms with E-state index in [1.165, 1.54) is 0 Å². The zero-order chi connectivity index (χ0) is 22.1. The first-order valence-electron chi connectivity index (χ1n) is 10.8. The van der Waals surface area contributed by atoms with Crippen LogP contribution in [0.5, 0.6) is 5.75 Å². The lowest BCUT2D eigenvalue weighted by molar-refractivity contribution is -0.117. The average Bonchev–Trinajstić information content (AvgIpc) is 3.67. The number of rotatable bonds is 4. The number of hydrogen-bond donors (Lipinski definition) is 3. The van der Waals surface area contributed by atoms with Crippen molar-refractivity contribution in [2.45, 2.75) is 31.8 Å². The number of amides is 1. The quantitative estimate of drug-likeness (QED) is 0.553. The van der Waals surface area contributed by atoms with Crippen LogP contribution in [0.1, 0.15) is 36.0 Å². The fourth-order valence-corrected chi connectivity index (χ4v) is 3.87. The number of nitrogens with one attached hydrogen (secondary N) is 2. The van der Waals surface area contributed by atoms with Gasteiger partial charge in [0.15, 0.2) is 0 Å². The minimum absolute atomic E-state index is 0.0205. The lowest BCUT2D eigenvalue weighted by Gasteiger charge is -2.24. The number of aryl methyl sites for hydroxylation is 1. The van der Waals surface area contributed by atoms with Crippen molar-refractivity contribution in [3.63, 3.8) is 0 Å². The van der Waals surface area contributed by atoms with Gasteiger partial charge >= 0.3 is 0 Å². The van der Waals surface area contributed by atoms with Gasteiger partial charge in [-0.15, -0.1) is 0 Å². The molecule has 1 fully saturated rings. The number of aliphatic hydroxyl groups excluding tert-OH is 1. The Morgan fingerprint density at radius 1 is 1.16 bits per heavy atom. The molecule has 3 heterocycles. The summed E-state index contributed by atoms with van der Waals surface area (Å²) in [6, 6.07) is 7.73. The zero-order valence-electron chi connectivity index (χ0n) is 17.8. The molecule has 3 aromatic rings. The van der Waals surface area contributed by atoms with Crippen molar-refractivity contribution in [3.05, 3.63) is 53.3 Å². The van der Waals surface area contributed by atoms with Crippen molar-refractivity contribution >= 4 is 28.3 Å². The number of benzene rings is 1. The van der Waals surface area contributed by atoms with E-state index in [2.05, 4.69) is 32.4 Å². The molecule has 7 nitrogen and oxygen atoms in total. The Bertz CT molecular complexity index is 1260. The lowest BCUT2D eigenvalue weighted by atomic mass is 10.00. The molecule has 1 aromatic carbocycles. The Kier molecular flexibility index (Phi) is 5.38. The maximum Gasteiger partial charge on any atom is 0.228 e. The zero-order valence-corrected chi connectivity index (χ0v) is 17.8. The van der Waals surface area contributed by atoms with E-state index in [0.29, 0.717) is 11.6 Å². The van der Waals surface area contributed by atoms with Crippen LogP contribution < -0.4 is 15.4 Å². The smallest absolute Gasteiger partial charge is 0.228 e. The molecule has 32 heavy (non-hydrogen) atoms. The van der Waals surface area contributed by atoms with Crippen molar-refractivity contribution in [2.24, 2.45) is 5.92 Å². The predicted molar refractivity (Wildman–Crippen MR) is 123 cm³/mol. The summed E-state index contributed by atoms with van der Waals surface area (Å²) < 4.78 is 5.79. The number of anilines is 2. The van der Waals surface area contributed by atoms with Crippen LogP contribution in [0.2, 0.25) is 0 Å². The highest BCUT2D eigenvalue weighted by Crippen LogP contribution is 2.31. The van der Waals surface area contributed by atoms with Crippen molar-refractivity contribution in [1.29, 1.82) is 0 Å². The SMILES string of the molecule is CNc1ncc(C#Cc2ccc3c(c2)CC[C@@H](CO)O3)c2cc(NC(=O)C3CC3)ncc12. The van der Waals surface area contributed by atoms with Gasteiger partial charge in [0, 0.05) is 41.7 Å². The molecule has 3 N–H and O–H groups in total. The minimum atomic E-state index is -0.134. The second-order valence-electron chi connectivity index (χ2n) is 8.18. The van der Waals surface area contributed by atoms with E-state index >= 15 is 0 Å². The van der Waals surface area contributed by atoms with Crippen LogP contribution in [0.3, 0.4) is 0 Å².